The van der Waals surface area contributed by atoms with E-state index in [4.69, 9.17) is 18.9 Å². The van der Waals surface area contributed by atoms with Crippen LogP contribution < -0.4 is 14.4 Å². The van der Waals surface area contributed by atoms with E-state index in [1.807, 2.05) is 60.4 Å². The van der Waals surface area contributed by atoms with E-state index >= 15 is 0 Å². The molecule has 2 fully saturated rings. The van der Waals surface area contributed by atoms with Gasteiger partial charge in [-0.1, -0.05) is 24.3 Å². The molecule has 2 saturated heterocycles. The van der Waals surface area contributed by atoms with Crippen molar-refractivity contribution in [2.24, 2.45) is 5.92 Å². The van der Waals surface area contributed by atoms with Crippen LogP contribution in [-0.2, 0) is 25.5 Å². The Morgan fingerprint density at radius 1 is 1.08 bits per heavy atom. The Morgan fingerprint density at radius 3 is 2.41 bits per heavy atom. The SMILES string of the molecule is CCOc1ccc(CCC[C@@H](C(=O)N2CCN(c3ccccc3OC)CC2)[C@@H]2OC(C)(C)OC2=O)cc1. The molecule has 2 aromatic rings. The predicted octanol–water partition coefficient (Wildman–Crippen LogP) is 4.06. The first-order chi connectivity index (χ1) is 17.8. The second-order valence-corrected chi connectivity index (χ2v) is 9.92. The van der Waals surface area contributed by atoms with Crippen LogP contribution in [0.3, 0.4) is 0 Å². The van der Waals surface area contributed by atoms with Crippen molar-refractivity contribution in [1.82, 2.24) is 4.90 Å². The van der Waals surface area contributed by atoms with E-state index < -0.39 is 23.8 Å². The minimum atomic E-state index is -1.03. The molecule has 200 valence electrons. The van der Waals surface area contributed by atoms with Gasteiger partial charge in [0, 0.05) is 40.0 Å². The molecule has 2 aliphatic rings. The van der Waals surface area contributed by atoms with Gasteiger partial charge in [-0.2, -0.15) is 0 Å². The monoisotopic (exact) mass is 510 g/mol. The molecule has 37 heavy (non-hydrogen) atoms. The van der Waals surface area contributed by atoms with Crippen LogP contribution in [0, 0.1) is 5.92 Å². The van der Waals surface area contributed by atoms with Gasteiger partial charge in [0.05, 0.1) is 25.3 Å². The minimum Gasteiger partial charge on any atom is -0.495 e. The quantitative estimate of drug-likeness (QED) is 0.446. The van der Waals surface area contributed by atoms with Crippen LogP contribution in [-0.4, -0.2) is 68.6 Å². The average Bonchev–Trinajstić information content (AvgIpc) is 3.19. The summed E-state index contributed by atoms with van der Waals surface area (Å²) in [5.74, 6) is -0.467. The molecule has 0 radical (unpaired) electrons. The zero-order chi connectivity index (χ0) is 26.4. The topological polar surface area (TPSA) is 77.5 Å². The summed E-state index contributed by atoms with van der Waals surface area (Å²) in [6, 6.07) is 15.9. The molecule has 0 bridgehead atoms. The van der Waals surface area contributed by atoms with Crippen molar-refractivity contribution in [3.8, 4) is 11.5 Å². The van der Waals surface area contributed by atoms with Gasteiger partial charge in [0.2, 0.25) is 11.7 Å². The number of methoxy groups -OCH3 is 1. The number of nitrogens with zero attached hydrogens (tertiary/aromatic N) is 2. The summed E-state index contributed by atoms with van der Waals surface area (Å²) < 4.78 is 22.4. The number of carbonyl (C=O) groups excluding carboxylic acids is 2. The van der Waals surface area contributed by atoms with Gasteiger partial charge in [-0.05, 0) is 56.0 Å². The third-order valence-electron chi connectivity index (χ3n) is 6.90. The third-order valence-corrected chi connectivity index (χ3v) is 6.90. The standard InChI is InChI=1S/C29H38N2O6/c1-5-35-22-15-13-21(14-16-22)9-8-10-23(26-28(33)37-29(2,3)36-26)27(32)31-19-17-30(18-20-31)24-11-6-7-12-25(24)34-4/h6-7,11-16,23,26H,5,8-10,17-20H2,1-4H3/t23-,26+/m1/s1. The smallest absolute Gasteiger partial charge is 0.338 e. The lowest BCUT2D eigenvalue weighted by molar-refractivity contribution is -0.162. The Balaban J connectivity index is 1.41. The zero-order valence-corrected chi connectivity index (χ0v) is 22.3. The van der Waals surface area contributed by atoms with E-state index in [2.05, 4.69) is 4.90 Å². The van der Waals surface area contributed by atoms with Crippen molar-refractivity contribution >= 4 is 17.6 Å². The second-order valence-electron chi connectivity index (χ2n) is 9.92. The lowest BCUT2D eigenvalue weighted by Crippen LogP contribution is -2.52. The number of benzene rings is 2. The van der Waals surface area contributed by atoms with E-state index in [1.54, 1.807) is 21.0 Å². The van der Waals surface area contributed by atoms with Crippen molar-refractivity contribution in [3.05, 3.63) is 54.1 Å². The summed E-state index contributed by atoms with van der Waals surface area (Å²) in [6.45, 7) is 8.51. The summed E-state index contributed by atoms with van der Waals surface area (Å²) in [6.07, 6.45) is 1.19. The molecule has 0 saturated carbocycles. The molecule has 4 rings (SSSR count). The Bertz CT molecular complexity index is 1060. The Morgan fingerprint density at radius 2 is 1.78 bits per heavy atom. The predicted molar refractivity (Wildman–Crippen MR) is 141 cm³/mol. The maximum Gasteiger partial charge on any atom is 0.338 e. The van der Waals surface area contributed by atoms with Crippen LogP contribution in [0.1, 0.15) is 39.2 Å². The molecular formula is C29H38N2O6. The van der Waals surface area contributed by atoms with Gasteiger partial charge in [-0.3, -0.25) is 4.79 Å². The molecule has 2 heterocycles. The van der Waals surface area contributed by atoms with Crippen LogP contribution in [0.15, 0.2) is 48.5 Å². The number of hydrogen-bond acceptors (Lipinski definition) is 7. The van der Waals surface area contributed by atoms with E-state index in [0.717, 1.165) is 35.6 Å². The van der Waals surface area contributed by atoms with Gasteiger partial charge in [-0.25, -0.2) is 4.79 Å². The number of para-hydroxylation sites is 2. The highest BCUT2D eigenvalue weighted by Gasteiger charge is 2.48. The Labute approximate surface area is 219 Å². The van der Waals surface area contributed by atoms with Gasteiger partial charge in [0.15, 0.2) is 6.10 Å². The fraction of sp³-hybridized carbons (Fsp3) is 0.517. The molecule has 0 N–H and O–H groups in total. The second kappa shape index (κ2) is 11.9. The normalized spacial score (nSPS) is 19.9. The van der Waals surface area contributed by atoms with Gasteiger partial charge >= 0.3 is 5.97 Å². The van der Waals surface area contributed by atoms with Crippen LogP contribution >= 0.6 is 0 Å². The van der Waals surface area contributed by atoms with Gasteiger partial charge in [0.1, 0.15) is 11.5 Å². The van der Waals surface area contributed by atoms with Crippen molar-refractivity contribution in [1.29, 1.82) is 0 Å². The van der Waals surface area contributed by atoms with E-state index in [-0.39, 0.29) is 5.91 Å². The molecule has 8 nitrogen and oxygen atoms in total. The van der Waals surface area contributed by atoms with Gasteiger partial charge < -0.3 is 28.7 Å². The lowest BCUT2D eigenvalue weighted by Gasteiger charge is -2.38. The summed E-state index contributed by atoms with van der Waals surface area (Å²) in [5.41, 5.74) is 2.18. The third kappa shape index (κ3) is 6.55. The summed E-state index contributed by atoms with van der Waals surface area (Å²) in [7, 11) is 1.67. The summed E-state index contributed by atoms with van der Waals surface area (Å²) in [5, 5.41) is 0. The molecule has 2 atom stereocenters. The number of carbonyl (C=O) groups is 2. The maximum absolute atomic E-state index is 13.7. The largest absolute Gasteiger partial charge is 0.495 e. The zero-order valence-electron chi connectivity index (χ0n) is 22.3. The number of esters is 1. The fourth-order valence-electron chi connectivity index (χ4n) is 5.07. The van der Waals surface area contributed by atoms with Crippen LogP contribution in [0.25, 0.3) is 0 Å². The van der Waals surface area contributed by atoms with Crippen LogP contribution in [0.5, 0.6) is 11.5 Å². The molecule has 0 spiro atoms. The highest BCUT2D eigenvalue weighted by Crippen LogP contribution is 2.33. The van der Waals surface area contributed by atoms with Crippen molar-refractivity contribution in [2.75, 3.05) is 44.8 Å². The number of aryl methyl sites for hydroxylation is 1. The number of hydrogen-bond donors (Lipinski definition) is 0. The Hall–Kier alpha value is -3.26. The van der Waals surface area contributed by atoms with Crippen molar-refractivity contribution in [2.45, 2.75) is 51.9 Å². The number of cyclic esters (lactones) is 1. The molecule has 8 heteroatoms. The molecule has 0 unspecified atom stereocenters. The van der Waals surface area contributed by atoms with Crippen molar-refractivity contribution in [3.63, 3.8) is 0 Å². The number of anilines is 1. The lowest BCUT2D eigenvalue weighted by atomic mass is 9.92. The number of rotatable bonds is 10. The number of piperazine rings is 1. The van der Waals surface area contributed by atoms with Crippen LogP contribution in [0.4, 0.5) is 5.69 Å². The molecule has 0 aromatic heterocycles. The average molecular weight is 511 g/mol. The molecular weight excluding hydrogens is 472 g/mol. The van der Waals surface area contributed by atoms with E-state index in [9.17, 15) is 9.59 Å². The minimum absolute atomic E-state index is 0.0500. The molecule has 1 amide bonds. The molecule has 2 aliphatic heterocycles. The first-order valence-electron chi connectivity index (χ1n) is 13.1. The van der Waals surface area contributed by atoms with E-state index in [1.165, 1.54) is 0 Å². The van der Waals surface area contributed by atoms with Gasteiger partial charge in [0.25, 0.3) is 0 Å². The summed E-state index contributed by atoms with van der Waals surface area (Å²) >= 11 is 0. The molecule has 0 aliphatic carbocycles. The fourth-order valence-corrected chi connectivity index (χ4v) is 5.07. The highest BCUT2D eigenvalue weighted by atomic mass is 16.8. The van der Waals surface area contributed by atoms with Crippen molar-refractivity contribution < 1.29 is 28.5 Å². The first kappa shape index (κ1) is 26.8. The first-order valence-corrected chi connectivity index (χ1v) is 13.1. The highest BCUT2D eigenvalue weighted by molar-refractivity contribution is 5.88. The Kier molecular flexibility index (Phi) is 8.59. The number of ether oxygens (including phenoxy) is 4. The number of amides is 1. The van der Waals surface area contributed by atoms with Crippen LogP contribution in [0.2, 0.25) is 0 Å². The summed E-state index contributed by atoms with van der Waals surface area (Å²) in [4.78, 5) is 30.5. The maximum atomic E-state index is 13.7. The van der Waals surface area contributed by atoms with Gasteiger partial charge in [-0.15, -0.1) is 0 Å². The molecule has 2 aromatic carbocycles. The van der Waals surface area contributed by atoms with E-state index in [0.29, 0.717) is 39.2 Å².